The maximum Gasteiger partial charge on any atom is 0.123 e. The molecule has 3 heteroatoms. The lowest BCUT2D eigenvalue weighted by Gasteiger charge is -2.33. The predicted octanol–water partition coefficient (Wildman–Crippen LogP) is 3.29. The number of halogens is 1. The summed E-state index contributed by atoms with van der Waals surface area (Å²) in [7, 11) is 0. The lowest BCUT2D eigenvalue weighted by atomic mass is 10.0. The first-order valence-corrected chi connectivity index (χ1v) is 7.07. The molecular weight excluding hydrogens is 251 g/mol. The number of rotatable bonds is 2. The van der Waals surface area contributed by atoms with Crippen LogP contribution in [0.4, 0.5) is 10.1 Å². The number of piperazine rings is 1. The number of nitrogens with zero attached hydrogens (tertiary/aromatic N) is 1. The largest absolute Gasteiger partial charge is 0.369 e. The van der Waals surface area contributed by atoms with Gasteiger partial charge in [0.2, 0.25) is 0 Å². The minimum atomic E-state index is -0.194. The van der Waals surface area contributed by atoms with Gasteiger partial charge in [-0.05, 0) is 42.3 Å². The van der Waals surface area contributed by atoms with Gasteiger partial charge >= 0.3 is 0 Å². The van der Waals surface area contributed by atoms with Crippen molar-refractivity contribution in [3.63, 3.8) is 0 Å². The maximum atomic E-state index is 12.9. The van der Waals surface area contributed by atoms with Crippen molar-refractivity contribution in [1.82, 2.24) is 5.32 Å². The maximum absolute atomic E-state index is 12.9. The van der Waals surface area contributed by atoms with Crippen LogP contribution in [0.2, 0.25) is 0 Å². The second-order valence-electron chi connectivity index (χ2n) is 5.35. The van der Waals surface area contributed by atoms with E-state index in [1.807, 2.05) is 12.1 Å². The highest BCUT2D eigenvalue weighted by Gasteiger charge is 2.15. The molecule has 1 saturated heterocycles. The molecule has 0 aromatic heterocycles. The number of hydrogen-bond acceptors (Lipinski definition) is 2. The van der Waals surface area contributed by atoms with Gasteiger partial charge in [0, 0.05) is 31.4 Å². The van der Waals surface area contributed by atoms with Gasteiger partial charge in [-0.1, -0.05) is 24.3 Å². The molecule has 0 bridgehead atoms. The van der Waals surface area contributed by atoms with E-state index in [1.165, 1.54) is 17.8 Å². The Bertz CT molecular complexity index is 563. The van der Waals surface area contributed by atoms with E-state index in [4.69, 9.17) is 0 Å². The third-order valence-corrected chi connectivity index (χ3v) is 3.78. The van der Waals surface area contributed by atoms with E-state index in [1.54, 1.807) is 0 Å². The van der Waals surface area contributed by atoms with Crippen LogP contribution in [0.15, 0.2) is 48.5 Å². The zero-order valence-corrected chi connectivity index (χ0v) is 11.6. The molecule has 2 aromatic carbocycles. The van der Waals surface area contributed by atoms with Crippen LogP contribution in [0.3, 0.4) is 0 Å². The molecule has 0 saturated carbocycles. The average molecular weight is 270 g/mol. The molecule has 1 unspecified atom stereocenters. The van der Waals surface area contributed by atoms with Gasteiger partial charge in [0.25, 0.3) is 0 Å². The van der Waals surface area contributed by atoms with Crippen LogP contribution < -0.4 is 10.2 Å². The molecule has 2 nitrogen and oxygen atoms in total. The molecule has 20 heavy (non-hydrogen) atoms. The van der Waals surface area contributed by atoms with Crippen molar-refractivity contribution >= 4 is 5.69 Å². The lowest BCUT2D eigenvalue weighted by molar-refractivity contribution is 0.485. The van der Waals surface area contributed by atoms with E-state index in [-0.39, 0.29) is 5.82 Å². The van der Waals surface area contributed by atoms with Crippen molar-refractivity contribution in [3.05, 3.63) is 54.3 Å². The number of nitrogens with one attached hydrogen (secondary N) is 1. The summed E-state index contributed by atoms with van der Waals surface area (Å²) in [6.45, 7) is 5.32. The summed E-state index contributed by atoms with van der Waals surface area (Å²) in [5.74, 6) is -0.194. The van der Waals surface area contributed by atoms with Crippen LogP contribution in [0.25, 0.3) is 11.1 Å². The topological polar surface area (TPSA) is 15.3 Å². The summed E-state index contributed by atoms with van der Waals surface area (Å²) in [4.78, 5) is 2.40. The van der Waals surface area contributed by atoms with Crippen LogP contribution >= 0.6 is 0 Å². The van der Waals surface area contributed by atoms with Crippen LogP contribution in [0.5, 0.6) is 0 Å². The van der Waals surface area contributed by atoms with Crippen molar-refractivity contribution in [2.24, 2.45) is 0 Å². The van der Waals surface area contributed by atoms with Gasteiger partial charge in [0.1, 0.15) is 5.82 Å². The second kappa shape index (κ2) is 5.63. The molecule has 0 aliphatic carbocycles. The molecule has 0 spiro atoms. The minimum absolute atomic E-state index is 0.194. The third kappa shape index (κ3) is 2.83. The van der Waals surface area contributed by atoms with E-state index in [0.717, 1.165) is 30.8 Å². The van der Waals surface area contributed by atoms with E-state index in [9.17, 15) is 4.39 Å². The highest BCUT2D eigenvalue weighted by atomic mass is 19.1. The quantitative estimate of drug-likeness (QED) is 0.901. The molecule has 3 rings (SSSR count). The molecule has 1 heterocycles. The van der Waals surface area contributed by atoms with Crippen molar-refractivity contribution in [1.29, 1.82) is 0 Å². The summed E-state index contributed by atoms with van der Waals surface area (Å²) in [6, 6.07) is 15.7. The molecule has 0 radical (unpaired) electrons. The molecule has 0 amide bonds. The SMILES string of the molecule is CC1CN(c2ccc(-c3ccc(F)cc3)cc2)CCN1. The van der Waals surface area contributed by atoms with E-state index in [0.29, 0.717) is 6.04 Å². The van der Waals surface area contributed by atoms with Crippen molar-refractivity contribution in [2.75, 3.05) is 24.5 Å². The molecule has 104 valence electrons. The smallest absolute Gasteiger partial charge is 0.123 e. The summed E-state index contributed by atoms with van der Waals surface area (Å²) in [5, 5.41) is 3.45. The van der Waals surface area contributed by atoms with Crippen molar-refractivity contribution in [2.45, 2.75) is 13.0 Å². The molecule has 1 N–H and O–H groups in total. The van der Waals surface area contributed by atoms with Gasteiger partial charge in [-0.2, -0.15) is 0 Å². The zero-order chi connectivity index (χ0) is 13.9. The van der Waals surface area contributed by atoms with Crippen molar-refractivity contribution in [3.8, 4) is 11.1 Å². The van der Waals surface area contributed by atoms with Gasteiger partial charge < -0.3 is 10.2 Å². The first-order valence-electron chi connectivity index (χ1n) is 7.07. The summed E-state index contributed by atoms with van der Waals surface area (Å²) in [5.41, 5.74) is 3.42. The van der Waals surface area contributed by atoms with Crippen molar-refractivity contribution < 1.29 is 4.39 Å². The Kier molecular flexibility index (Phi) is 3.70. The number of hydrogen-bond donors (Lipinski definition) is 1. The Labute approximate surface area is 119 Å². The minimum Gasteiger partial charge on any atom is -0.369 e. The molecule has 2 aromatic rings. The normalized spacial score (nSPS) is 19.1. The van der Waals surface area contributed by atoms with Gasteiger partial charge in [0.15, 0.2) is 0 Å². The van der Waals surface area contributed by atoms with Gasteiger partial charge in [0.05, 0.1) is 0 Å². The molecule has 1 aliphatic heterocycles. The first kappa shape index (κ1) is 13.1. The number of benzene rings is 2. The second-order valence-corrected chi connectivity index (χ2v) is 5.35. The van der Waals surface area contributed by atoms with E-state index >= 15 is 0 Å². The fourth-order valence-corrected chi connectivity index (χ4v) is 2.67. The van der Waals surface area contributed by atoms with Crippen LogP contribution in [-0.4, -0.2) is 25.7 Å². The van der Waals surface area contributed by atoms with Crippen LogP contribution in [0.1, 0.15) is 6.92 Å². The van der Waals surface area contributed by atoms with E-state index in [2.05, 4.69) is 41.4 Å². The molecular formula is C17H19FN2. The Morgan fingerprint density at radius 3 is 2.20 bits per heavy atom. The Balaban J connectivity index is 1.78. The van der Waals surface area contributed by atoms with E-state index < -0.39 is 0 Å². The van der Waals surface area contributed by atoms with Gasteiger partial charge in [-0.3, -0.25) is 0 Å². The fraction of sp³-hybridized carbons (Fsp3) is 0.294. The Morgan fingerprint density at radius 1 is 1.00 bits per heavy atom. The lowest BCUT2D eigenvalue weighted by Crippen LogP contribution is -2.49. The summed E-state index contributed by atoms with van der Waals surface area (Å²) >= 11 is 0. The third-order valence-electron chi connectivity index (χ3n) is 3.78. The summed E-state index contributed by atoms with van der Waals surface area (Å²) < 4.78 is 12.9. The van der Waals surface area contributed by atoms with Gasteiger partial charge in [-0.25, -0.2) is 4.39 Å². The predicted molar refractivity (Wildman–Crippen MR) is 81.5 cm³/mol. The average Bonchev–Trinajstić information content (AvgIpc) is 2.48. The summed E-state index contributed by atoms with van der Waals surface area (Å²) in [6.07, 6.45) is 0. The number of anilines is 1. The molecule has 1 fully saturated rings. The van der Waals surface area contributed by atoms with Crippen LogP contribution in [0, 0.1) is 5.82 Å². The highest BCUT2D eigenvalue weighted by Crippen LogP contribution is 2.24. The Morgan fingerprint density at radius 2 is 1.60 bits per heavy atom. The monoisotopic (exact) mass is 270 g/mol. The Hall–Kier alpha value is -1.87. The fourth-order valence-electron chi connectivity index (χ4n) is 2.67. The van der Waals surface area contributed by atoms with Gasteiger partial charge in [-0.15, -0.1) is 0 Å². The van der Waals surface area contributed by atoms with Crippen LogP contribution in [-0.2, 0) is 0 Å². The molecule has 1 atom stereocenters. The standard InChI is InChI=1S/C17H19FN2/c1-13-12-20(11-10-19-13)17-8-4-15(5-9-17)14-2-6-16(18)7-3-14/h2-9,13,19H,10-12H2,1H3. The highest BCUT2D eigenvalue weighted by molar-refractivity contribution is 5.66. The zero-order valence-electron chi connectivity index (χ0n) is 11.6. The molecule has 1 aliphatic rings. The first-order chi connectivity index (χ1) is 9.72.